The van der Waals surface area contributed by atoms with Gasteiger partial charge in [-0.3, -0.25) is 19.8 Å². The fraction of sp³-hybridized carbons (Fsp3) is 0.321. The number of nitrogens with one attached hydrogen (secondary N) is 1. The van der Waals surface area contributed by atoms with E-state index in [1.807, 2.05) is 43.3 Å². The normalized spacial score (nSPS) is 20.2. The fourth-order valence-electron chi connectivity index (χ4n) is 5.42. The van der Waals surface area contributed by atoms with Crippen LogP contribution in [0.4, 0.5) is 15.8 Å². The summed E-state index contributed by atoms with van der Waals surface area (Å²) in [5, 5.41) is 14.6. The molecule has 36 heavy (non-hydrogen) atoms. The van der Waals surface area contributed by atoms with Crippen molar-refractivity contribution in [2.45, 2.75) is 32.0 Å². The minimum Gasteiger partial charge on any atom is -0.365 e. The minimum absolute atomic E-state index is 0.0407. The first-order valence-electron chi connectivity index (χ1n) is 12.2. The predicted molar refractivity (Wildman–Crippen MR) is 136 cm³/mol. The highest BCUT2D eigenvalue weighted by Crippen LogP contribution is 2.38. The lowest BCUT2D eigenvalue weighted by molar-refractivity contribution is -0.384. The number of carbonyl (C=O) groups is 1. The van der Waals surface area contributed by atoms with E-state index in [0.717, 1.165) is 28.9 Å². The Morgan fingerprint density at radius 2 is 1.86 bits per heavy atom. The van der Waals surface area contributed by atoms with Gasteiger partial charge in [-0.25, -0.2) is 4.39 Å². The van der Waals surface area contributed by atoms with E-state index in [1.165, 1.54) is 12.1 Å². The molecule has 0 saturated carbocycles. The van der Waals surface area contributed by atoms with Crippen molar-refractivity contribution in [1.82, 2.24) is 10.2 Å². The monoisotopic (exact) mass is 488 g/mol. The predicted octanol–water partition coefficient (Wildman–Crippen LogP) is 4.47. The first kappa shape index (κ1) is 23.9. The van der Waals surface area contributed by atoms with E-state index < -0.39 is 0 Å². The van der Waals surface area contributed by atoms with Crippen molar-refractivity contribution in [3.63, 3.8) is 0 Å². The number of fused-ring (bicyclic) bond motifs is 3. The average molecular weight is 489 g/mol. The number of benzene rings is 3. The van der Waals surface area contributed by atoms with E-state index in [2.05, 4.69) is 15.1 Å². The number of carbonyl (C=O) groups excluding carboxylic acids is 1. The molecule has 0 aliphatic carbocycles. The Hall–Kier alpha value is -3.78. The highest BCUT2D eigenvalue weighted by molar-refractivity contribution is 5.82. The van der Waals surface area contributed by atoms with Gasteiger partial charge in [-0.2, -0.15) is 0 Å². The standard InChI is InChI=1S/C28H29FN4O3/c1-19(21-5-3-2-4-6-21)30-28(34)25-16-22-15-24(33(35)36)11-12-26(22)32-14-13-31(18-27(25)32)17-20-7-9-23(29)10-8-20/h2-12,15,19,25,27H,13-14,16-18H2,1H3,(H,30,34). The third kappa shape index (κ3) is 4.95. The molecule has 2 aliphatic rings. The molecule has 1 saturated heterocycles. The van der Waals surface area contributed by atoms with Crippen LogP contribution in [0.25, 0.3) is 0 Å². The molecule has 1 amide bonds. The van der Waals surface area contributed by atoms with E-state index in [1.54, 1.807) is 24.3 Å². The van der Waals surface area contributed by atoms with Crippen LogP contribution in [-0.4, -0.2) is 41.4 Å². The van der Waals surface area contributed by atoms with Gasteiger partial charge in [0.2, 0.25) is 5.91 Å². The Labute approximate surface area is 209 Å². The first-order valence-corrected chi connectivity index (χ1v) is 12.2. The summed E-state index contributed by atoms with van der Waals surface area (Å²) in [5.41, 5.74) is 3.89. The van der Waals surface area contributed by atoms with Gasteiger partial charge in [0, 0.05) is 44.0 Å². The number of rotatable bonds is 6. The van der Waals surface area contributed by atoms with E-state index in [4.69, 9.17) is 0 Å². The zero-order valence-electron chi connectivity index (χ0n) is 20.1. The summed E-state index contributed by atoms with van der Waals surface area (Å²) < 4.78 is 13.4. The van der Waals surface area contributed by atoms with Gasteiger partial charge in [0.05, 0.1) is 22.9 Å². The van der Waals surface area contributed by atoms with Crippen molar-refractivity contribution >= 4 is 17.3 Å². The maximum Gasteiger partial charge on any atom is 0.269 e. The van der Waals surface area contributed by atoms with Crippen molar-refractivity contribution in [3.05, 3.63) is 105 Å². The van der Waals surface area contributed by atoms with Gasteiger partial charge in [-0.05, 0) is 48.2 Å². The number of nitro benzene ring substituents is 1. The number of nitrogens with zero attached hydrogens (tertiary/aromatic N) is 3. The zero-order chi connectivity index (χ0) is 25.2. The Bertz CT molecular complexity index is 1250. The molecule has 1 fully saturated rings. The molecule has 3 atom stereocenters. The number of hydrogen-bond donors (Lipinski definition) is 1. The number of amides is 1. The summed E-state index contributed by atoms with van der Waals surface area (Å²) in [6.07, 6.45) is 0.440. The second kappa shape index (κ2) is 10.1. The fourth-order valence-corrected chi connectivity index (χ4v) is 5.42. The molecule has 0 bridgehead atoms. The molecule has 0 spiro atoms. The van der Waals surface area contributed by atoms with Crippen molar-refractivity contribution < 1.29 is 14.1 Å². The highest BCUT2D eigenvalue weighted by Gasteiger charge is 2.42. The van der Waals surface area contributed by atoms with Crippen LogP contribution in [0, 0.1) is 21.8 Å². The molecule has 7 nitrogen and oxygen atoms in total. The third-order valence-corrected chi connectivity index (χ3v) is 7.30. The Morgan fingerprint density at radius 3 is 2.58 bits per heavy atom. The van der Waals surface area contributed by atoms with E-state index in [9.17, 15) is 19.3 Å². The summed E-state index contributed by atoms with van der Waals surface area (Å²) >= 11 is 0. The highest BCUT2D eigenvalue weighted by atomic mass is 19.1. The maximum atomic E-state index is 13.6. The molecule has 3 aromatic rings. The quantitative estimate of drug-likeness (QED) is 0.409. The lowest BCUT2D eigenvalue weighted by atomic mass is 9.83. The van der Waals surface area contributed by atoms with Crippen molar-refractivity contribution in [3.8, 4) is 0 Å². The van der Waals surface area contributed by atoms with Gasteiger partial charge >= 0.3 is 0 Å². The summed E-state index contributed by atoms with van der Waals surface area (Å²) in [7, 11) is 0. The van der Waals surface area contributed by atoms with Crippen LogP contribution in [0.1, 0.15) is 29.7 Å². The Kier molecular flexibility index (Phi) is 6.69. The van der Waals surface area contributed by atoms with Crippen molar-refractivity contribution in [1.29, 1.82) is 0 Å². The molecule has 3 aromatic carbocycles. The molecular formula is C28H29FN4O3. The summed E-state index contributed by atoms with van der Waals surface area (Å²) in [5.74, 6) is -0.672. The van der Waals surface area contributed by atoms with Gasteiger partial charge < -0.3 is 10.2 Å². The first-order chi connectivity index (χ1) is 17.4. The number of halogens is 1. The van der Waals surface area contributed by atoms with Gasteiger partial charge in [0.25, 0.3) is 5.69 Å². The molecule has 2 aliphatic heterocycles. The number of nitro groups is 1. The summed E-state index contributed by atoms with van der Waals surface area (Å²) in [6.45, 7) is 4.79. The second-order valence-electron chi connectivity index (χ2n) is 9.64. The lowest BCUT2D eigenvalue weighted by Crippen LogP contribution is -2.61. The van der Waals surface area contributed by atoms with Crippen LogP contribution in [0.2, 0.25) is 0 Å². The maximum absolute atomic E-state index is 13.6. The molecule has 5 rings (SSSR count). The van der Waals surface area contributed by atoms with Crippen LogP contribution in [0.5, 0.6) is 0 Å². The van der Waals surface area contributed by atoms with Crippen LogP contribution < -0.4 is 10.2 Å². The van der Waals surface area contributed by atoms with Crippen LogP contribution >= 0.6 is 0 Å². The molecule has 2 heterocycles. The van der Waals surface area contributed by atoms with Gasteiger partial charge in [0.15, 0.2) is 0 Å². The number of hydrogen-bond acceptors (Lipinski definition) is 5. The number of anilines is 1. The topological polar surface area (TPSA) is 78.7 Å². The number of non-ortho nitro benzene ring substituents is 1. The average Bonchev–Trinajstić information content (AvgIpc) is 2.89. The molecule has 3 unspecified atom stereocenters. The van der Waals surface area contributed by atoms with Crippen molar-refractivity contribution in [2.24, 2.45) is 5.92 Å². The summed E-state index contributed by atoms with van der Waals surface area (Å²) in [4.78, 5) is 29.2. The zero-order valence-corrected chi connectivity index (χ0v) is 20.1. The molecule has 8 heteroatoms. The number of piperazine rings is 1. The van der Waals surface area contributed by atoms with Crippen LogP contribution in [-0.2, 0) is 17.8 Å². The summed E-state index contributed by atoms with van der Waals surface area (Å²) in [6, 6.07) is 21.1. The molecule has 1 N–H and O–H groups in total. The second-order valence-corrected chi connectivity index (χ2v) is 9.64. The van der Waals surface area contributed by atoms with E-state index in [0.29, 0.717) is 26.1 Å². The smallest absolute Gasteiger partial charge is 0.269 e. The molecule has 0 radical (unpaired) electrons. The molecular weight excluding hydrogens is 459 g/mol. The Balaban J connectivity index is 1.41. The van der Waals surface area contributed by atoms with Crippen LogP contribution in [0.15, 0.2) is 72.8 Å². The van der Waals surface area contributed by atoms with Crippen molar-refractivity contribution in [2.75, 3.05) is 24.5 Å². The van der Waals surface area contributed by atoms with Gasteiger partial charge in [0.1, 0.15) is 5.82 Å². The van der Waals surface area contributed by atoms with Gasteiger partial charge in [-0.15, -0.1) is 0 Å². The third-order valence-electron chi connectivity index (χ3n) is 7.30. The SMILES string of the molecule is CC(NC(=O)C1Cc2cc([N+](=O)[O-])ccc2N2CCN(Cc3ccc(F)cc3)CC12)c1ccccc1. The van der Waals surface area contributed by atoms with Crippen LogP contribution in [0.3, 0.4) is 0 Å². The lowest BCUT2D eigenvalue weighted by Gasteiger charge is -2.49. The largest absolute Gasteiger partial charge is 0.365 e. The minimum atomic E-state index is -0.389. The molecule has 0 aromatic heterocycles. The van der Waals surface area contributed by atoms with Gasteiger partial charge in [-0.1, -0.05) is 42.5 Å². The van der Waals surface area contributed by atoms with E-state index in [-0.39, 0.29) is 40.3 Å². The Morgan fingerprint density at radius 1 is 1.11 bits per heavy atom. The van der Waals surface area contributed by atoms with E-state index >= 15 is 0 Å². The molecule has 186 valence electrons.